The molecule has 196 valence electrons. The SMILES string of the molecule is COc1ccc(CN2CCN(C(=O)c3cc(-c4cccnc4)nc4ccc(Cl)cc34)CC2)c(OC)c1OC. The van der Waals surface area contributed by atoms with E-state index in [1.54, 1.807) is 39.8 Å². The van der Waals surface area contributed by atoms with Crippen molar-refractivity contribution in [1.82, 2.24) is 19.8 Å². The fourth-order valence-electron chi connectivity index (χ4n) is 4.85. The molecule has 0 bridgehead atoms. The van der Waals surface area contributed by atoms with Crippen LogP contribution in [0.2, 0.25) is 5.02 Å². The number of carbonyl (C=O) groups excluding carboxylic acids is 1. The summed E-state index contributed by atoms with van der Waals surface area (Å²) in [4.78, 5) is 27.0. The molecule has 1 amide bonds. The standard InChI is InChI=1S/C29H29ClN4O4/c1-36-26-9-6-20(27(37-2)28(26)38-3)18-33-11-13-34(14-12-33)29(35)23-16-25(19-5-4-10-31-17-19)32-24-8-7-21(30)15-22(23)24/h4-10,15-17H,11-14,18H2,1-3H3. The van der Waals surface area contributed by atoms with Crippen LogP contribution in [0.1, 0.15) is 15.9 Å². The number of hydrogen-bond acceptors (Lipinski definition) is 7. The molecule has 8 nitrogen and oxygen atoms in total. The number of methoxy groups -OCH3 is 3. The minimum absolute atomic E-state index is 0.0341. The van der Waals surface area contributed by atoms with Gasteiger partial charge in [0.1, 0.15) is 0 Å². The Balaban J connectivity index is 1.36. The summed E-state index contributed by atoms with van der Waals surface area (Å²) >= 11 is 6.30. The van der Waals surface area contributed by atoms with Crippen molar-refractivity contribution >= 4 is 28.4 Å². The number of carbonyl (C=O) groups is 1. The zero-order valence-corrected chi connectivity index (χ0v) is 22.4. The molecule has 3 heterocycles. The van der Waals surface area contributed by atoms with Crippen LogP contribution in [-0.4, -0.2) is 73.2 Å². The van der Waals surface area contributed by atoms with Crippen molar-refractivity contribution in [3.05, 3.63) is 77.1 Å². The average molecular weight is 533 g/mol. The zero-order chi connectivity index (χ0) is 26.6. The van der Waals surface area contributed by atoms with E-state index in [-0.39, 0.29) is 5.91 Å². The van der Waals surface area contributed by atoms with Gasteiger partial charge in [0, 0.05) is 66.7 Å². The summed E-state index contributed by atoms with van der Waals surface area (Å²) in [5.41, 5.74) is 3.87. The number of nitrogens with zero attached hydrogens (tertiary/aromatic N) is 4. The Morgan fingerprint density at radius 1 is 0.947 bits per heavy atom. The van der Waals surface area contributed by atoms with Crippen LogP contribution in [0.15, 0.2) is 60.9 Å². The Morgan fingerprint density at radius 3 is 2.42 bits per heavy atom. The first-order chi connectivity index (χ1) is 18.5. The summed E-state index contributed by atoms with van der Waals surface area (Å²) in [5, 5.41) is 1.31. The number of rotatable bonds is 7. The van der Waals surface area contributed by atoms with Gasteiger partial charge in [0.25, 0.3) is 5.91 Å². The summed E-state index contributed by atoms with van der Waals surface area (Å²) in [6, 6.07) is 15.0. The monoisotopic (exact) mass is 532 g/mol. The lowest BCUT2D eigenvalue weighted by Crippen LogP contribution is -2.48. The number of aromatic nitrogens is 2. The largest absolute Gasteiger partial charge is 0.493 e. The van der Waals surface area contributed by atoms with E-state index >= 15 is 0 Å². The van der Waals surface area contributed by atoms with E-state index in [4.69, 9.17) is 30.8 Å². The molecule has 0 aliphatic carbocycles. The molecule has 5 rings (SSSR count). The van der Waals surface area contributed by atoms with Crippen molar-refractivity contribution in [2.24, 2.45) is 0 Å². The quantitative estimate of drug-likeness (QED) is 0.334. The van der Waals surface area contributed by atoms with E-state index in [0.717, 1.165) is 35.1 Å². The Morgan fingerprint density at radius 2 is 1.74 bits per heavy atom. The Bertz CT molecular complexity index is 1460. The Hall–Kier alpha value is -3.88. The first kappa shape index (κ1) is 25.8. The van der Waals surface area contributed by atoms with Gasteiger partial charge in [0.05, 0.1) is 38.1 Å². The molecule has 0 spiro atoms. The Labute approximate surface area is 226 Å². The summed E-state index contributed by atoms with van der Waals surface area (Å²) < 4.78 is 16.6. The van der Waals surface area contributed by atoms with Crippen molar-refractivity contribution in [3.63, 3.8) is 0 Å². The topological polar surface area (TPSA) is 77.0 Å². The molecule has 1 aliphatic heterocycles. The van der Waals surface area contributed by atoms with Gasteiger partial charge in [0.15, 0.2) is 11.5 Å². The second kappa shape index (κ2) is 11.2. The molecule has 2 aromatic heterocycles. The molecule has 9 heteroatoms. The lowest BCUT2D eigenvalue weighted by Gasteiger charge is -2.35. The third-order valence-corrected chi connectivity index (χ3v) is 7.03. The maximum Gasteiger partial charge on any atom is 0.254 e. The third-order valence-electron chi connectivity index (χ3n) is 6.80. The van der Waals surface area contributed by atoms with Gasteiger partial charge in [-0.25, -0.2) is 4.98 Å². The van der Waals surface area contributed by atoms with Gasteiger partial charge in [-0.1, -0.05) is 17.7 Å². The minimum Gasteiger partial charge on any atom is -0.493 e. The predicted octanol–water partition coefficient (Wildman–Crippen LogP) is 4.93. The van der Waals surface area contributed by atoms with Crippen LogP contribution in [0.5, 0.6) is 17.2 Å². The van der Waals surface area contributed by atoms with Crippen molar-refractivity contribution in [1.29, 1.82) is 0 Å². The van der Waals surface area contributed by atoms with Gasteiger partial charge in [0.2, 0.25) is 5.75 Å². The lowest BCUT2D eigenvalue weighted by molar-refractivity contribution is 0.0629. The average Bonchev–Trinajstić information content (AvgIpc) is 2.96. The first-order valence-corrected chi connectivity index (χ1v) is 12.7. The van der Waals surface area contributed by atoms with E-state index in [1.807, 2.05) is 47.4 Å². The molecule has 2 aromatic carbocycles. The van der Waals surface area contributed by atoms with E-state index in [1.165, 1.54) is 0 Å². The number of pyridine rings is 2. The van der Waals surface area contributed by atoms with Crippen molar-refractivity contribution in [2.75, 3.05) is 47.5 Å². The van der Waals surface area contributed by atoms with Gasteiger partial charge in [-0.2, -0.15) is 0 Å². The van der Waals surface area contributed by atoms with Crippen LogP contribution in [0, 0.1) is 0 Å². The molecule has 1 aliphatic rings. The molecule has 0 unspecified atom stereocenters. The Kier molecular flexibility index (Phi) is 7.62. The van der Waals surface area contributed by atoms with Crippen LogP contribution in [0.3, 0.4) is 0 Å². The number of piperazine rings is 1. The van der Waals surface area contributed by atoms with Crippen LogP contribution >= 0.6 is 11.6 Å². The summed E-state index contributed by atoms with van der Waals surface area (Å²) in [6.07, 6.45) is 3.47. The van der Waals surface area contributed by atoms with E-state index in [2.05, 4.69) is 9.88 Å². The molecule has 1 fully saturated rings. The molecule has 38 heavy (non-hydrogen) atoms. The van der Waals surface area contributed by atoms with Gasteiger partial charge < -0.3 is 19.1 Å². The second-order valence-corrected chi connectivity index (χ2v) is 9.46. The molecule has 0 N–H and O–H groups in total. The zero-order valence-electron chi connectivity index (χ0n) is 21.6. The molecular formula is C29H29ClN4O4. The number of benzene rings is 2. The maximum atomic E-state index is 13.8. The fraction of sp³-hybridized carbons (Fsp3) is 0.276. The van der Waals surface area contributed by atoms with Gasteiger partial charge in [-0.3, -0.25) is 14.7 Å². The molecule has 1 saturated heterocycles. The predicted molar refractivity (Wildman–Crippen MR) is 147 cm³/mol. The summed E-state index contributed by atoms with van der Waals surface area (Å²) in [5.74, 6) is 1.83. The number of halogens is 1. The molecular weight excluding hydrogens is 504 g/mol. The number of fused-ring (bicyclic) bond motifs is 1. The highest BCUT2D eigenvalue weighted by atomic mass is 35.5. The van der Waals surface area contributed by atoms with Gasteiger partial charge in [-0.05, 0) is 42.5 Å². The molecule has 0 saturated carbocycles. The second-order valence-electron chi connectivity index (χ2n) is 9.02. The summed E-state index contributed by atoms with van der Waals surface area (Å²) in [6.45, 7) is 3.32. The highest BCUT2D eigenvalue weighted by Crippen LogP contribution is 2.40. The van der Waals surface area contributed by atoms with E-state index in [0.29, 0.717) is 53.2 Å². The van der Waals surface area contributed by atoms with Crippen LogP contribution in [0.25, 0.3) is 22.2 Å². The number of amides is 1. The lowest BCUT2D eigenvalue weighted by atomic mass is 10.0. The number of hydrogen-bond donors (Lipinski definition) is 0. The fourth-order valence-corrected chi connectivity index (χ4v) is 5.02. The molecule has 0 radical (unpaired) electrons. The van der Waals surface area contributed by atoms with Gasteiger partial charge in [-0.15, -0.1) is 0 Å². The van der Waals surface area contributed by atoms with Crippen LogP contribution < -0.4 is 14.2 Å². The van der Waals surface area contributed by atoms with Crippen LogP contribution in [-0.2, 0) is 6.54 Å². The highest BCUT2D eigenvalue weighted by Gasteiger charge is 2.26. The molecule has 4 aromatic rings. The van der Waals surface area contributed by atoms with E-state index < -0.39 is 0 Å². The van der Waals surface area contributed by atoms with Crippen LogP contribution in [0.4, 0.5) is 0 Å². The maximum absolute atomic E-state index is 13.8. The smallest absolute Gasteiger partial charge is 0.254 e. The van der Waals surface area contributed by atoms with Crippen molar-refractivity contribution < 1.29 is 19.0 Å². The van der Waals surface area contributed by atoms with Gasteiger partial charge >= 0.3 is 0 Å². The van der Waals surface area contributed by atoms with Crippen molar-refractivity contribution in [2.45, 2.75) is 6.54 Å². The van der Waals surface area contributed by atoms with E-state index in [9.17, 15) is 4.79 Å². The first-order valence-electron chi connectivity index (χ1n) is 12.3. The molecule has 0 atom stereocenters. The van der Waals surface area contributed by atoms with Crippen molar-refractivity contribution in [3.8, 4) is 28.5 Å². The number of ether oxygens (including phenoxy) is 3. The summed E-state index contributed by atoms with van der Waals surface area (Å²) in [7, 11) is 4.83. The third kappa shape index (κ3) is 5.10. The minimum atomic E-state index is -0.0341. The normalized spacial score (nSPS) is 13.9. The highest BCUT2D eigenvalue weighted by molar-refractivity contribution is 6.31.